The van der Waals surface area contributed by atoms with Gasteiger partial charge >= 0.3 is 5.97 Å². The van der Waals surface area contributed by atoms with Crippen LogP contribution in [0.3, 0.4) is 0 Å². The van der Waals surface area contributed by atoms with Crippen molar-refractivity contribution in [3.63, 3.8) is 0 Å². The van der Waals surface area contributed by atoms with E-state index >= 15 is 0 Å². The second-order valence-corrected chi connectivity index (χ2v) is 4.97. The van der Waals surface area contributed by atoms with E-state index in [1.807, 2.05) is 0 Å². The SMILES string of the molecule is CCOC(=O)C1(F)CNCC12CCCCC2. The molecular formula is C12H20FNO2. The third kappa shape index (κ3) is 1.63. The Morgan fingerprint density at radius 1 is 1.31 bits per heavy atom. The van der Waals surface area contributed by atoms with Gasteiger partial charge in [0.15, 0.2) is 0 Å². The van der Waals surface area contributed by atoms with Crippen LogP contribution in [0.1, 0.15) is 39.0 Å². The van der Waals surface area contributed by atoms with Crippen LogP contribution in [0.5, 0.6) is 0 Å². The Kier molecular flexibility index (Phi) is 3.19. The maximum absolute atomic E-state index is 14.9. The second kappa shape index (κ2) is 4.32. The molecule has 1 atom stereocenters. The zero-order valence-electron chi connectivity index (χ0n) is 9.85. The molecule has 0 aromatic carbocycles. The molecule has 0 radical (unpaired) electrons. The zero-order valence-corrected chi connectivity index (χ0v) is 9.85. The van der Waals surface area contributed by atoms with Crippen molar-refractivity contribution in [1.29, 1.82) is 0 Å². The van der Waals surface area contributed by atoms with E-state index in [9.17, 15) is 9.18 Å². The number of halogens is 1. The molecule has 0 aromatic rings. The van der Waals surface area contributed by atoms with Crippen LogP contribution in [-0.2, 0) is 9.53 Å². The smallest absolute Gasteiger partial charge is 0.345 e. The largest absolute Gasteiger partial charge is 0.464 e. The van der Waals surface area contributed by atoms with Crippen molar-refractivity contribution in [1.82, 2.24) is 5.32 Å². The van der Waals surface area contributed by atoms with Gasteiger partial charge in [-0.1, -0.05) is 19.3 Å². The zero-order chi connectivity index (χ0) is 11.6. The summed E-state index contributed by atoms with van der Waals surface area (Å²) in [6.45, 7) is 2.70. The molecule has 2 fully saturated rings. The van der Waals surface area contributed by atoms with Crippen molar-refractivity contribution in [2.75, 3.05) is 19.7 Å². The Morgan fingerprint density at radius 3 is 2.62 bits per heavy atom. The lowest BCUT2D eigenvalue weighted by atomic mass is 9.66. The van der Waals surface area contributed by atoms with E-state index in [4.69, 9.17) is 4.74 Å². The summed E-state index contributed by atoms with van der Waals surface area (Å²) < 4.78 is 19.8. The lowest BCUT2D eigenvalue weighted by Gasteiger charge is -2.40. The van der Waals surface area contributed by atoms with Gasteiger partial charge in [0.2, 0.25) is 5.67 Å². The molecule has 92 valence electrons. The molecule has 0 amide bonds. The summed E-state index contributed by atoms with van der Waals surface area (Å²) in [6.07, 6.45) is 4.80. The first-order chi connectivity index (χ1) is 7.65. The summed E-state index contributed by atoms with van der Waals surface area (Å²) in [5.41, 5.74) is -2.30. The summed E-state index contributed by atoms with van der Waals surface area (Å²) in [5, 5.41) is 3.04. The van der Waals surface area contributed by atoms with Gasteiger partial charge in [-0.25, -0.2) is 9.18 Å². The summed E-state index contributed by atoms with van der Waals surface area (Å²) in [6, 6.07) is 0. The lowest BCUT2D eigenvalue weighted by Crippen LogP contribution is -2.51. The second-order valence-electron chi connectivity index (χ2n) is 4.97. The Hall–Kier alpha value is -0.640. The number of hydrogen-bond donors (Lipinski definition) is 1. The number of rotatable bonds is 2. The van der Waals surface area contributed by atoms with E-state index in [0.717, 1.165) is 32.1 Å². The van der Waals surface area contributed by atoms with E-state index in [1.165, 1.54) is 0 Å². The molecule has 3 nitrogen and oxygen atoms in total. The first-order valence-corrected chi connectivity index (χ1v) is 6.21. The predicted octanol–water partition coefficient (Wildman–Crippen LogP) is 1.81. The van der Waals surface area contributed by atoms with Crippen LogP contribution in [0.15, 0.2) is 0 Å². The standard InChI is InChI=1S/C12H20FNO2/c1-2-16-10(15)12(13)9-14-8-11(12)6-4-3-5-7-11/h14H,2-9H2,1H3. The predicted molar refractivity (Wildman–Crippen MR) is 58.9 cm³/mol. The lowest BCUT2D eigenvalue weighted by molar-refractivity contribution is -0.165. The molecule has 2 aliphatic rings. The fourth-order valence-electron chi connectivity index (χ4n) is 3.14. The van der Waals surface area contributed by atoms with Gasteiger partial charge in [0.05, 0.1) is 6.61 Å². The van der Waals surface area contributed by atoms with Gasteiger partial charge in [-0.15, -0.1) is 0 Å². The van der Waals surface area contributed by atoms with Gasteiger partial charge in [-0.2, -0.15) is 0 Å². The number of alkyl halides is 1. The van der Waals surface area contributed by atoms with Crippen molar-refractivity contribution < 1.29 is 13.9 Å². The number of nitrogens with one attached hydrogen (secondary N) is 1. The van der Waals surface area contributed by atoms with Crippen molar-refractivity contribution in [3.8, 4) is 0 Å². The van der Waals surface area contributed by atoms with Crippen LogP contribution < -0.4 is 5.32 Å². The van der Waals surface area contributed by atoms with Crippen LogP contribution in [-0.4, -0.2) is 31.3 Å². The normalized spacial score (nSPS) is 32.9. The minimum atomic E-state index is -1.80. The maximum Gasteiger partial charge on any atom is 0.345 e. The molecule has 4 heteroatoms. The van der Waals surface area contributed by atoms with Gasteiger partial charge in [0.1, 0.15) is 0 Å². The van der Waals surface area contributed by atoms with Crippen molar-refractivity contribution in [2.24, 2.45) is 5.41 Å². The molecule has 0 bridgehead atoms. The molecular weight excluding hydrogens is 209 g/mol. The molecule has 1 saturated heterocycles. The molecule has 1 spiro atoms. The number of esters is 1. The van der Waals surface area contributed by atoms with Crippen LogP contribution in [0.4, 0.5) is 4.39 Å². The molecule has 1 aliphatic carbocycles. The fraction of sp³-hybridized carbons (Fsp3) is 0.917. The Morgan fingerprint density at radius 2 is 2.00 bits per heavy atom. The molecule has 1 heterocycles. The highest BCUT2D eigenvalue weighted by Gasteiger charge is 2.61. The highest BCUT2D eigenvalue weighted by Crippen LogP contribution is 2.49. The molecule has 1 saturated carbocycles. The van der Waals surface area contributed by atoms with Crippen molar-refractivity contribution in [2.45, 2.75) is 44.7 Å². The molecule has 1 unspecified atom stereocenters. The average molecular weight is 229 g/mol. The minimum absolute atomic E-state index is 0.117. The molecule has 1 N–H and O–H groups in total. The third-order valence-corrected chi connectivity index (χ3v) is 4.08. The summed E-state index contributed by atoms with van der Waals surface area (Å²) in [7, 11) is 0. The van der Waals surface area contributed by atoms with Crippen LogP contribution in [0, 0.1) is 5.41 Å². The molecule has 0 aromatic heterocycles. The maximum atomic E-state index is 14.9. The topological polar surface area (TPSA) is 38.3 Å². The van der Waals surface area contributed by atoms with Gasteiger partial charge < -0.3 is 10.1 Å². The van der Waals surface area contributed by atoms with Crippen molar-refractivity contribution >= 4 is 5.97 Å². The minimum Gasteiger partial charge on any atom is -0.464 e. The summed E-state index contributed by atoms with van der Waals surface area (Å²) in [5.74, 6) is -0.665. The van der Waals surface area contributed by atoms with E-state index in [-0.39, 0.29) is 13.2 Å². The van der Waals surface area contributed by atoms with E-state index in [0.29, 0.717) is 6.54 Å². The number of ether oxygens (including phenoxy) is 1. The Balaban J connectivity index is 2.20. The van der Waals surface area contributed by atoms with Gasteiger partial charge in [-0.3, -0.25) is 0 Å². The summed E-state index contributed by atoms with van der Waals surface area (Å²) >= 11 is 0. The van der Waals surface area contributed by atoms with E-state index < -0.39 is 17.1 Å². The number of carbonyl (C=O) groups is 1. The number of hydrogen-bond acceptors (Lipinski definition) is 3. The van der Waals surface area contributed by atoms with Crippen LogP contribution in [0.25, 0.3) is 0 Å². The van der Waals surface area contributed by atoms with Crippen molar-refractivity contribution in [3.05, 3.63) is 0 Å². The Bertz CT molecular complexity index is 276. The van der Waals surface area contributed by atoms with Gasteiger partial charge in [0.25, 0.3) is 0 Å². The first kappa shape index (κ1) is 11.8. The average Bonchev–Trinajstić information content (AvgIpc) is 2.59. The summed E-state index contributed by atoms with van der Waals surface area (Å²) in [4.78, 5) is 11.8. The van der Waals surface area contributed by atoms with Crippen LogP contribution >= 0.6 is 0 Å². The Labute approximate surface area is 95.7 Å². The monoisotopic (exact) mass is 229 g/mol. The van der Waals surface area contributed by atoms with Gasteiger partial charge in [-0.05, 0) is 19.8 Å². The van der Waals surface area contributed by atoms with E-state index in [2.05, 4.69) is 5.32 Å². The number of carbonyl (C=O) groups excluding carboxylic acids is 1. The van der Waals surface area contributed by atoms with Gasteiger partial charge in [0, 0.05) is 18.5 Å². The third-order valence-electron chi connectivity index (χ3n) is 4.08. The quantitative estimate of drug-likeness (QED) is 0.734. The molecule has 2 rings (SSSR count). The molecule has 1 aliphatic heterocycles. The highest BCUT2D eigenvalue weighted by atomic mass is 19.1. The highest BCUT2D eigenvalue weighted by molar-refractivity contribution is 5.81. The molecule has 16 heavy (non-hydrogen) atoms. The van der Waals surface area contributed by atoms with Crippen LogP contribution in [0.2, 0.25) is 0 Å². The fourth-order valence-corrected chi connectivity index (χ4v) is 3.14. The van der Waals surface area contributed by atoms with E-state index in [1.54, 1.807) is 6.92 Å². The first-order valence-electron chi connectivity index (χ1n) is 6.21.